The standard InChI is InChI=1S/C26H46O2/c1-23(2,3)22(21-16-12-11-13-17-21)20-28-26(9,10)25(7,8)18-14-15-19-27-24(4,5)6/h11-13,16-17,22H,14-15,18-20H2,1-10H3. The highest BCUT2D eigenvalue weighted by Gasteiger charge is 2.39. The SMILES string of the molecule is CC(C)(C)OCCCCC(C)(C)C(C)(C)OCC(c1ccccc1)C(C)(C)C. The maximum absolute atomic E-state index is 6.62. The molecule has 162 valence electrons. The molecule has 0 aliphatic heterocycles. The second kappa shape index (κ2) is 9.76. The number of hydrogen-bond donors (Lipinski definition) is 0. The number of rotatable bonds is 10. The summed E-state index contributed by atoms with van der Waals surface area (Å²) in [4.78, 5) is 0. The normalized spacial score (nSPS) is 14.9. The molecule has 0 N–H and O–H groups in total. The van der Waals surface area contributed by atoms with Crippen LogP contribution in [-0.4, -0.2) is 24.4 Å². The molecule has 2 heteroatoms. The zero-order valence-corrected chi connectivity index (χ0v) is 20.3. The van der Waals surface area contributed by atoms with Crippen molar-refractivity contribution in [2.75, 3.05) is 13.2 Å². The predicted molar refractivity (Wildman–Crippen MR) is 122 cm³/mol. The second-order valence-electron chi connectivity index (χ2n) is 11.5. The van der Waals surface area contributed by atoms with Crippen molar-refractivity contribution in [1.82, 2.24) is 0 Å². The minimum Gasteiger partial charge on any atom is -0.376 e. The van der Waals surface area contributed by atoms with Gasteiger partial charge in [0.25, 0.3) is 0 Å². The maximum Gasteiger partial charge on any atom is 0.0677 e. The lowest BCUT2D eigenvalue weighted by Gasteiger charge is -2.44. The number of hydrogen-bond acceptors (Lipinski definition) is 2. The molecular weight excluding hydrogens is 344 g/mol. The highest BCUT2D eigenvalue weighted by atomic mass is 16.5. The van der Waals surface area contributed by atoms with E-state index in [1.807, 2.05) is 0 Å². The maximum atomic E-state index is 6.62. The third-order valence-electron chi connectivity index (χ3n) is 6.22. The average Bonchev–Trinajstić information content (AvgIpc) is 2.53. The minimum absolute atomic E-state index is 0.0443. The minimum atomic E-state index is -0.184. The van der Waals surface area contributed by atoms with Crippen LogP contribution in [0.5, 0.6) is 0 Å². The van der Waals surface area contributed by atoms with Crippen molar-refractivity contribution in [1.29, 1.82) is 0 Å². The molecule has 0 amide bonds. The van der Waals surface area contributed by atoms with Gasteiger partial charge in [0.15, 0.2) is 0 Å². The van der Waals surface area contributed by atoms with Crippen molar-refractivity contribution in [2.45, 2.75) is 106 Å². The first-order valence-electron chi connectivity index (χ1n) is 11.0. The van der Waals surface area contributed by atoms with Gasteiger partial charge in [-0.3, -0.25) is 0 Å². The summed E-state index contributed by atoms with van der Waals surface area (Å²) in [6.45, 7) is 24.0. The zero-order valence-electron chi connectivity index (χ0n) is 20.3. The van der Waals surface area contributed by atoms with Crippen molar-refractivity contribution in [3.63, 3.8) is 0 Å². The molecule has 0 bridgehead atoms. The fourth-order valence-corrected chi connectivity index (χ4v) is 3.37. The molecule has 0 radical (unpaired) electrons. The summed E-state index contributed by atoms with van der Waals surface area (Å²) in [5, 5.41) is 0. The summed E-state index contributed by atoms with van der Waals surface area (Å²) in [6, 6.07) is 10.8. The van der Waals surface area contributed by atoms with Crippen molar-refractivity contribution in [2.24, 2.45) is 10.8 Å². The molecule has 0 aromatic heterocycles. The highest BCUT2D eigenvalue weighted by molar-refractivity contribution is 5.21. The van der Waals surface area contributed by atoms with Crippen LogP contribution in [0.4, 0.5) is 0 Å². The molecule has 0 fully saturated rings. The predicted octanol–water partition coefficient (Wildman–Crippen LogP) is 7.62. The molecule has 1 aromatic rings. The molecule has 1 aromatic carbocycles. The summed E-state index contributed by atoms with van der Waals surface area (Å²) in [7, 11) is 0. The Morgan fingerprint density at radius 3 is 1.82 bits per heavy atom. The van der Waals surface area contributed by atoms with E-state index in [0.717, 1.165) is 32.5 Å². The monoisotopic (exact) mass is 390 g/mol. The van der Waals surface area contributed by atoms with Gasteiger partial charge >= 0.3 is 0 Å². The van der Waals surface area contributed by atoms with Crippen LogP contribution in [0, 0.1) is 10.8 Å². The van der Waals surface area contributed by atoms with E-state index >= 15 is 0 Å². The van der Waals surface area contributed by atoms with E-state index in [0.29, 0.717) is 5.92 Å². The van der Waals surface area contributed by atoms with Crippen LogP contribution in [0.1, 0.15) is 100.0 Å². The Morgan fingerprint density at radius 1 is 0.750 bits per heavy atom. The van der Waals surface area contributed by atoms with Gasteiger partial charge in [-0.05, 0) is 63.9 Å². The van der Waals surface area contributed by atoms with Crippen LogP contribution in [-0.2, 0) is 9.47 Å². The fraction of sp³-hybridized carbons (Fsp3) is 0.769. The summed E-state index contributed by atoms with van der Waals surface area (Å²) in [5.41, 5.74) is 1.40. The van der Waals surface area contributed by atoms with Gasteiger partial charge in [-0.1, -0.05) is 71.4 Å². The molecule has 0 aliphatic carbocycles. The lowest BCUT2D eigenvalue weighted by Crippen LogP contribution is -2.43. The van der Waals surface area contributed by atoms with Crippen LogP contribution < -0.4 is 0 Å². The molecule has 1 unspecified atom stereocenters. The first-order chi connectivity index (χ1) is 12.7. The van der Waals surface area contributed by atoms with Crippen molar-refractivity contribution < 1.29 is 9.47 Å². The third kappa shape index (κ3) is 8.25. The lowest BCUT2D eigenvalue weighted by atomic mass is 9.72. The molecule has 28 heavy (non-hydrogen) atoms. The van der Waals surface area contributed by atoms with Gasteiger partial charge in [0.1, 0.15) is 0 Å². The van der Waals surface area contributed by atoms with Crippen LogP contribution in [0.15, 0.2) is 30.3 Å². The molecule has 0 spiro atoms. The molecule has 0 aliphatic rings. The van der Waals surface area contributed by atoms with E-state index in [1.54, 1.807) is 0 Å². The first-order valence-corrected chi connectivity index (χ1v) is 11.0. The van der Waals surface area contributed by atoms with Gasteiger partial charge in [-0.15, -0.1) is 0 Å². The number of unbranched alkanes of at least 4 members (excludes halogenated alkanes) is 1. The fourth-order valence-electron chi connectivity index (χ4n) is 3.37. The highest BCUT2D eigenvalue weighted by Crippen LogP contribution is 2.41. The number of benzene rings is 1. The summed E-state index contributed by atoms with van der Waals surface area (Å²) < 4.78 is 12.5. The molecular formula is C26H46O2. The van der Waals surface area contributed by atoms with Crippen LogP contribution in [0.3, 0.4) is 0 Å². The third-order valence-corrected chi connectivity index (χ3v) is 6.22. The van der Waals surface area contributed by atoms with Crippen LogP contribution in [0.2, 0.25) is 0 Å². The van der Waals surface area contributed by atoms with Gasteiger partial charge in [0.2, 0.25) is 0 Å². The van der Waals surface area contributed by atoms with E-state index in [2.05, 4.69) is 99.6 Å². The Morgan fingerprint density at radius 2 is 1.32 bits per heavy atom. The van der Waals surface area contributed by atoms with Crippen LogP contribution >= 0.6 is 0 Å². The Kier molecular flexibility index (Phi) is 8.78. The van der Waals surface area contributed by atoms with Gasteiger partial charge in [0, 0.05) is 12.5 Å². The zero-order chi connectivity index (χ0) is 21.6. The quantitative estimate of drug-likeness (QED) is 0.382. The Hall–Kier alpha value is -0.860. The van der Waals surface area contributed by atoms with Crippen molar-refractivity contribution in [3.8, 4) is 0 Å². The van der Waals surface area contributed by atoms with E-state index in [1.165, 1.54) is 5.56 Å². The Labute approximate surface area is 175 Å². The molecule has 0 saturated heterocycles. The number of ether oxygens (including phenoxy) is 2. The molecule has 2 nitrogen and oxygen atoms in total. The van der Waals surface area contributed by atoms with Gasteiger partial charge in [-0.25, -0.2) is 0 Å². The van der Waals surface area contributed by atoms with E-state index in [-0.39, 0.29) is 22.0 Å². The molecule has 1 atom stereocenters. The summed E-state index contributed by atoms with van der Waals surface area (Å²) >= 11 is 0. The molecule has 1 rings (SSSR count). The second-order valence-corrected chi connectivity index (χ2v) is 11.5. The van der Waals surface area contributed by atoms with Crippen LogP contribution in [0.25, 0.3) is 0 Å². The average molecular weight is 391 g/mol. The Bertz CT molecular complexity index is 558. The van der Waals surface area contributed by atoms with Gasteiger partial charge in [0.05, 0.1) is 17.8 Å². The van der Waals surface area contributed by atoms with E-state index in [4.69, 9.17) is 9.47 Å². The summed E-state index contributed by atoms with van der Waals surface area (Å²) in [5.74, 6) is 0.379. The molecule has 0 heterocycles. The lowest BCUT2D eigenvalue weighted by molar-refractivity contribution is -0.113. The van der Waals surface area contributed by atoms with Crippen molar-refractivity contribution in [3.05, 3.63) is 35.9 Å². The van der Waals surface area contributed by atoms with E-state index in [9.17, 15) is 0 Å². The van der Waals surface area contributed by atoms with Gasteiger partial charge < -0.3 is 9.47 Å². The first kappa shape index (κ1) is 25.2. The largest absolute Gasteiger partial charge is 0.376 e. The Balaban J connectivity index is 2.66. The topological polar surface area (TPSA) is 18.5 Å². The van der Waals surface area contributed by atoms with Gasteiger partial charge in [-0.2, -0.15) is 0 Å². The van der Waals surface area contributed by atoms with Crippen molar-refractivity contribution >= 4 is 0 Å². The van der Waals surface area contributed by atoms with E-state index < -0.39 is 0 Å². The molecule has 0 saturated carbocycles. The smallest absolute Gasteiger partial charge is 0.0677 e. The summed E-state index contributed by atoms with van der Waals surface area (Å²) in [6.07, 6.45) is 3.40.